The number of ether oxygens (including phenoxy) is 1. The van der Waals surface area contributed by atoms with Gasteiger partial charge in [0.1, 0.15) is 11.5 Å². The van der Waals surface area contributed by atoms with Gasteiger partial charge in [0.25, 0.3) is 5.91 Å². The highest BCUT2D eigenvalue weighted by Crippen LogP contribution is 2.26. The molecule has 38 heavy (non-hydrogen) atoms. The van der Waals surface area contributed by atoms with Gasteiger partial charge < -0.3 is 19.4 Å². The van der Waals surface area contributed by atoms with Crippen molar-refractivity contribution in [3.63, 3.8) is 0 Å². The van der Waals surface area contributed by atoms with Crippen molar-refractivity contribution in [1.29, 1.82) is 0 Å². The maximum absolute atomic E-state index is 13.0. The fourth-order valence-corrected chi connectivity index (χ4v) is 5.48. The van der Waals surface area contributed by atoms with Gasteiger partial charge in [-0.1, -0.05) is 30.3 Å². The van der Waals surface area contributed by atoms with Crippen molar-refractivity contribution < 1.29 is 9.53 Å². The van der Waals surface area contributed by atoms with E-state index in [1.807, 2.05) is 19.9 Å². The molecule has 3 atom stereocenters. The number of piperazine rings is 1. The van der Waals surface area contributed by atoms with E-state index in [1.165, 1.54) is 16.7 Å². The summed E-state index contributed by atoms with van der Waals surface area (Å²) in [6.45, 7) is 14.0. The molecule has 0 unspecified atom stereocenters. The first-order valence-electron chi connectivity index (χ1n) is 13.4. The molecule has 9 nitrogen and oxygen atoms in total. The average molecular weight is 516 g/mol. The summed E-state index contributed by atoms with van der Waals surface area (Å²) < 4.78 is 5.75. The molecule has 5 rings (SSSR count). The van der Waals surface area contributed by atoms with Gasteiger partial charge in [0.05, 0.1) is 30.3 Å². The first kappa shape index (κ1) is 26.0. The normalized spacial score (nSPS) is 22.0. The lowest BCUT2D eigenvalue weighted by Crippen LogP contribution is -2.53. The van der Waals surface area contributed by atoms with E-state index < -0.39 is 0 Å². The SMILES string of the molecule is Cc1c(Cc2ccccc2)nnc(N2CCN(c3cnc(C(=O)N4C[C@@H](C)O[C@@H](C)C4)cn3)[C@H](C)C2)c1C. The van der Waals surface area contributed by atoms with Crippen LogP contribution in [0.3, 0.4) is 0 Å². The van der Waals surface area contributed by atoms with Crippen molar-refractivity contribution in [1.82, 2.24) is 25.1 Å². The standard InChI is InChI=1S/C29H37N7O2/c1-19-16-34(28-23(5)22(4)25(32-33-28)13-24-9-7-6-8-10-24)11-12-36(19)27-15-30-26(14-31-27)29(37)35-17-20(2)38-21(3)18-35/h6-10,14-15,19-21H,11-13,16-18H2,1-5H3/t19-,20-,21+/m1/s1. The molecule has 2 fully saturated rings. The molecular formula is C29H37N7O2. The molecule has 2 saturated heterocycles. The lowest BCUT2D eigenvalue weighted by atomic mass is 10.0. The highest BCUT2D eigenvalue weighted by molar-refractivity contribution is 5.92. The van der Waals surface area contributed by atoms with Crippen LogP contribution in [0.5, 0.6) is 0 Å². The molecule has 1 amide bonds. The minimum Gasteiger partial charge on any atom is -0.372 e. The topological polar surface area (TPSA) is 87.6 Å². The van der Waals surface area contributed by atoms with E-state index >= 15 is 0 Å². The van der Waals surface area contributed by atoms with Crippen LogP contribution in [0.4, 0.5) is 11.6 Å². The molecule has 200 valence electrons. The fourth-order valence-electron chi connectivity index (χ4n) is 5.48. The lowest BCUT2D eigenvalue weighted by molar-refractivity contribution is -0.0587. The third-order valence-electron chi connectivity index (χ3n) is 7.60. The number of anilines is 2. The van der Waals surface area contributed by atoms with Crippen LogP contribution in [0.1, 0.15) is 53.6 Å². The molecule has 2 aromatic heterocycles. The molecule has 2 aliphatic heterocycles. The van der Waals surface area contributed by atoms with E-state index in [0.717, 1.165) is 43.4 Å². The molecule has 0 radical (unpaired) electrons. The Bertz CT molecular complexity index is 1260. The van der Waals surface area contributed by atoms with Crippen LogP contribution in [0, 0.1) is 13.8 Å². The zero-order valence-corrected chi connectivity index (χ0v) is 23.0. The number of hydrogen-bond donors (Lipinski definition) is 0. The third-order valence-corrected chi connectivity index (χ3v) is 7.60. The summed E-state index contributed by atoms with van der Waals surface area (Å²) in [7, 11) is 0. The average Bonchev–Trinajstić information content (AvgIpc) is 2.91. The summed E-state index contributed by atoms with van der Waals surface area (Å²) in [5.41, 5.74) is 5.01. The van der Waals surface area contributed by atoms with Crippen molar-refractivity contribution in [3.8, 4) is 0 Å². The molecule has 0 N–H and O–H groups in total. The molecule has 0 aliphatic carbocycles. The lowest BCUT2D eigenvalue weighted by Gasteiger charge is -2.41. The predicted octanol–water partition coefficient (Wildman–Crippen LogP) is 3.44. The highest BCUT2D eigenvalue weighted by Gasteiger charge is 2.30. The first-order chi connectivity index (χ1) is 18.3. The van der Waals surface area contributed by atoms with Gasteiger partial charge in [-0.15, -0.1) is 5.10 Å². The van der Waals surface area contributed by atoms with Gasteiger partial charge in [-0.25, -0.2) is 9.97 Å². The number of benzene rings is 1. The second kappa shape index (κ2) is 11.0. The van der Waals surface area contributed by atoms with Gasteiger partial charge in [0.2, 0.25) is 0 Å². The number of hydrogen-bond acceptors (Lipinski definition) is 8. The Morgan fingerprint density at radius 3 is 2.32 bits per heavy atom. The Morgan fingerprint density at radius 1 is 0.921 bits per heavy atom. The smallest absolute Gasteiger partial charge is 0.274 e. The van der Waals surface area contributed by atoms with Crippen LogP contribution in [-0.2, 0) is 11.2 Å². The second-order valence-corrected chi connectivity index (χ2v) is 10.6. The number of rotatable bonds is 5. The minimum absolute atomic E-state index is 0.0178. The monoisotopic (exact) mass is 515 g/mol. The molecular weight excluding hydrogens is 478 g/mol. The number of carbonyl (C=O) groups excluding carboxylic acids is 1. The van der Waals surface area contributed by atoms with E-state index in [-0.39, 0.29) is 24.2 Å². The summed E-state index contributed by atoms with van der Waals surface area (Å²) >= 11 is 0. The molecule has 9 heteroatoms. The van der Waals surface area contributed by atoms with E-state index in [2.05, 4.69) is 75.0 Å². The molecule has 1 aromatic carbocycles. The largest absolute Gasteiger partial charge is 0.372 e. The van der Waals surface area contributed by atoms with Gasteiger partial charge in [0, 0.05) is 45.2 Å². The first-order valence-corrected chi connectivity index (χ1v) is 13.4. The van der Waals surface area contributed by atoms with Crippen LogP contribution in [0.25, 0.3) is 0 Å². The van der Waals surface area contributed by atoms with Gasteiger partial charge in [-0.2, -0.15) is 5.10 Å². The van der Waals surface area contributed by atoms with Crippen LogP contribution < -0.4 is 9.80 Å². The molecule has 2 aliphatic rings. The Morgan fingerprint density at radius 2 is 1.66 bits per heavy atom. The number of amides is 1. The molecule has 0 bridgehead atoms. The highest BCUT2D eigenvalue weighted by atomic mass is 16.5. The van der Waals surface area contributed by atoms with Crippen molar-refractivity contribution in [2.75, 3.05) is 42.5 Å². The Labute approximate surface area is 224 Å². The number of morpholine rings is 1. The predicted molar refractivity (Wildman–Crippen MR) is 148 cm³/mol. The van der Waals surface area contributed by atoms with E-state index in [4.69, 9.17) is 4.74 Å². The number of aromatic nitrogens is 4. The van der Waals surface area contributed by atoms with Crippen molar-refractivity contribution >= 4 is 17.5 Å². The third kappa shape index (κ3) is 5.48. The maximum atomic E-state index is 13.0. The van der Waals surface area contributed by atoms with Crippen LogP contribution in [-0.4, -0.2) is 81.9 Å². The van der Waals surface area contributed by atoms with Gasteiger partial charge in [-0.3, -0.25) is 4.79 Å². The molecule has 3 aromatic rings. The van der Waals surface area contributed by atoms with E-state index in [9.17, 15) is 4.79 Å². The van der Waals surface area contributed by atoms with Crippen LogP contribution >= 0.6 is 0 Å². The molecule has 0 spiro atoms. The van der Waals surface area contributed by atoms with Crippen molar-refractivity contribution in [2.24, 2.45) is 0 Å². The summed E-state index contributed by atoms with van der Waals surface area (Å²) in [6.07, 6.45) is 4.14. The maximum Gasteiger partial charge on any atom is 0.274 e. The van der Waals surface area contributed by atoms with E-state index in [0.29, 0.717) is 18.8 Å². The number of nitrogens with zero attached hydrogens (tertiary/aromatic N) is 7. The summed E-state index contributed by atoms with van der Waals surface area (Å²) in [4.78, 5) is 28.4. The number of carbonyl (C=O) groups is 1. The van der Waals surface area contributed by atoms with Gasteiger partial charge in [0.15, 0.2) is 5.82 Å². The molecule has 0 saturated carbocycles. The van der Waals surface area contributed by atoms with Crippen LogP contribution in [0.15, 0.2) is 42.7 Å². The van der Waals surface area contributed by atoms with E-state index in [1.54, 1.807) is 17.3 Å². The Kier molecular flexibility index (Phi) is 7.56. The van der Waals surface area contributed by atoms with Crippen LogP contribution in [0.2, 0.25) is 0 Å². The Balaban J connectivity index is 1.24. The summed E-state index contributed by atoms with van der Waals surface area (Å²) in [5, 5.41) is 9.27. The zero-order valence-electron chi connectivity index (χ0n) is 23.0. The molecule has 4 heterocycles. The Hall–Kier alpha value is -3.59. The van der Waals surface area contributed by atoms with Crippen molar-refractivity contribution in [2.45, 2.75) is 59.3 Å². The van der Waals surface area contributed by atoms with Gasteiger partial charge >= 0.3 is 0 Å². The van der Waals surface area contributed by atoms with Gasteiger partial charge in [-0.05, 0) is 51.3 Å². The second-order valence-electron chi connectivity index (χ2n) is 10.6. The summed E-state index contributed by atoms with van der Waals surface area (Å²) in [5.74, 6) is 1.64. The zero-order chi connectivity index (χ0) is 26.8. The quantitative estimate of drug-likeness (QED) is 0.511. The summed E-state index contributed by atoms with van der Waals surface area (Å²) in [6, 6.07) is 10.6. The minimum atomic E-state index is -0.0935. The fraction of sp³-hybridized carbons (Fsp3) is 0.483. The van der Waals surface area contributed by atoms with Crippen molar-refractivity contribution in [3.05, 3.63) is 70.8 Å².